The quantitative estimate of drug-likeness (QED) is 0.760. The van der Waals surface area contributed by atoms with Crippen LogP contribution in [0.4, 0.5) is 0 Å². The Bertz CT molecular complexity index is 427. The lowest BCUT2D eigenvalue weighted by Gasteiger charge is -1.97. The Balaban J connectivity index is 2.52. The second-order valence-electron chi connectivity index (χ2n) is 2.50. The maximum absolute atomic E-state index is 4.30. The summed E-state index contributed by atoms with van der Waals surface area (Å²) < 4.78 is 4.92. The summed E-state index contributed by atoms with van der Waals surface area (Å²) in [6.45, 7) is 1.98. The van der Waals surface area contributed by atoms with Crippen LogP contribution in [0.25, 0.3) is 10.6 Å². The number of hydrogen-bond donors (Lipinski definition) is 0. The van der Waals surface area contributed by atoms with E-state index in [1.165, 1.54) is 11.5 Å². The molecule has 0 aliphatic heterocycles. The van der Waals surface area contributed by atoms with E-state index in [1.54, 1.807) is 6.20 Å². The molecule has 0 saturated heterocycles. The highest BCUT2D eigenvalue weighted by Gasteiger charge is 2.06. The largest absolute Gasteiger partial charge is 0.261 e. The molecule has 0 N–H and O–H groups in total. The van der Waals surface area contributed by atoms with Gasteiger partial charge in [-0.3, -0.25) is 4.98 Å². The molecule has 0 bridgehead atoms. The van der Waals surface area contributed by atoms with E-state index < -0.39 is 0 Å². The molecule has 13 heavy (non-hydrogen) atoms. The third kappa shape index (κ3) is 1.86. The molecule has 2 rings (SSSR count). The fraction of sp³-hybridized carbons (Fsp3) is 0.125. The van der Waals surface area contributed by atoms with Gasteiger partial charge in [0.25, 0.3) is 0 Å². The van der Waals surface area contributed by atoms with Gasteiger partial charge in [-0.2, -0.15) is 4.37 Å². The molecule has 66 valence electrons. The predicted octanol–water partition coefficient (Wildman–Crippen LogP) is 2.51. The first kappa shape index (κ1) is 9.01. The standard InChI is InChI=1S/C8H6IN3S/c1-5-6(3-2-4-10-5)7-11-8(9)12-13-7/h2-4H,1H3. The molecule has 2 aromatic rings. The minimum Gasteiger partial charge on any atom is -0.261 e. The summed E-state index contributed by atoms with van der Waals surface area (Å²) in [5.41, 5.74) is 2.07. The highest BCUT2D eigenvalue weighted by molar-refractivity contribution is 14.1. The molecule has 0 aliphatic carbocycles. The Morgan fingerprint density at radius 3 is 2.92 bits per heavy atom. The number of aryl methyl sites for hydroxylation is 1. The van der Waals surface area contributed by atoms with Gasteiger partial charge in [0.05, 0.1) is 0 Å². The minimum absolute atomic E-state index is 0.792. The van der Waals surface area contributed by atoms with E-state index in [0.29, 0.717) is 0 Å². The molecule has 0 amide bonds. The van der Waals surface area contributed by atoms with Crippen LogP contribution in [0.1, 0.15) is 5.69 Å². The van der Waals surface area contributed by atoms with Gasteiger partial charge in [0.15, 0.2) is 0 Å². The third-order valence-electron chi connectivity index (χ3n) is 1.64. The van der Waals surface area contributed by atoms with Gasteiger partial charge >= 0.3 is 0 Å². The van der Waals surface area contributed by atoms with Crippen LogP contribution < -0.4 is 0 Å². The average Bonchev–Trinajstić information content (AvgIpc) is 2.53. The Morgan fingerprint density at radius 2 is 2.31 bits per heavy atom. The maximum atomic E-state index is 4.30. The van der Waals surface area contributed by atoms with Crippen LogP contribution in [0, 0.1) is 10.8 Å². The molecule has 0 aromatic carbocycles. The second kappa shape index (κ2) is 3.67. The number of hydrogen-bond acceptors (Lipinski definition) is 4. The van der Waals surface area contributed by atoms with E-state index in [2.05, 4.69) is 36.9 Å². The van der Waals surface area contributed by atoms with Crippen molar-refractivity contribution < 1.29 is 0 Å². The molecule has 0 fully saturated rings. The van der Waals surface area contributed by atoms with Crippen molar-refractivity contribution in [2.24, 2.45) is 0 Å². The van der Waals surface area contributed by atoms with Crippen molar-refractivity contribution in [1.82, 2.24) is 14.3 Å². The summed E-state index contributed by atoms with van der Waals surface area (Å²) in [4.78, 5) is 8.50. The van der Waals surface area contributed by atoms with E-state index in [9.17, 15) is 0 Å². The first-order chi connectivity index (χ1) is 6.27. The van der Waals surface area contributed by atoms with Gasteiger partial charge in [-0.25, -0.2) is 4.98 Å². The van der Waals surface area contributed by atoms with Gasteiger partial charge in [-0.15, -0.1) is 0 Å². The summed E-state index contributed by atoms with van der Waals surface area (Å²) in [5.74, 6) is 0. The zero-order valence-electron chi connectivity index (χ0n) is 6.86. The highest BCUT2D eigenvalue weighted by atomic mass is 127. The van der Waals surface area contributed by atoms with Crippen molar-refractivity contribution in [1.29, 1.82) is 0 Å². The number of aromatic nitrogens is 3. The van der Waals surface area contributed by atoms with Gasteiger partial charge in [-0.1, -0.05) is 0 Å². The monoisotopic (exact) mass is 303 g/mol. The normalized spacial score (nSPS) is 10.3. The van der Waals surface area contributed by atoms with E-state index in [0.717, 1.165) is 20.1 Å². The molecule has 0 atom stereocenters. The first-order valence-electron chi connectivity index (χ1n) is 3.68. The Morgan fingerprint density at radius 1 is 1.46 bits per heavy atom. The molecule has 0 radical (unpaired) electrons. The lowest BCUT2D eigenvalue weighted by atomic mass is 10.2. The zero-order chi connectivity index (χ0) is 9.26. The van der Waals surface area contributed by atoms with E-state index >= 15 is 0 Å². The Kier molecular flexibility index (Phi) is 2.54. The van der Waals surface area contributed by atoms with E-state index in [1.807, 2.05) is 19.1 Å². The zero-order valence-corrected chi connectivity index (χ0v) is 9.83. The molecular formula is C8H6IN3S. The van der Waals surface area contributed by atoms with Crippen LogP contribution in [0.5, 0.6) is 0 Å². The van der Waals surface area contributed by atoms with E-state index in [4.69, 9.17) is 0 Å². The van der Waals surface area contributed by atoms with Crippen LogP contribution in [0.3, 0.4) is 0 Å². The first-order valence-corrected chi connectivity index (χ1v) is 5.54. The summed E-state index contributed by atoms with van der Waals surface area (Å²) in [5, 5.41) is 0.940. The van der Waals surface area contributed by atoms with Crippen molar-refractivity contribution in [2.45, 2.75) is 6.92 Å². The molecule has 0 aliphatic rings. The molecule has 2 heterocycles. The molecule has 0 unspecified atom stereocenters. The summed E-state index contributed by atoms with van der Waals surface area (Å²) in [7, 11) is 0. The summed E-state index contributed by atoms with van der Waals surface area (Å²) in [6, 6.07) is 3.93. The number of halogens is 1. The van der Waals surface area contributed by atoms with Crippen LogP contribution in [0.2, 0.25) is 0 Å². The van der Waals surface area contributed by atoms with Crippen LogP contribution in [-0.4, -0.2) is 14.3 Å². The van der Waals surface area contributed by atoms with Crippen molar-refractivity contribution in [3.05, 3.63) is 27.9 Å². The number of rotatable bonds is 1. The van der Waals surface area contributed by atoms with E-state index in [-0.39, 0.29) is 0 Å². The van der Waals surface area contributed by atoms with Gasteiger partial charge in [-0.05, 0) is 30.6 Å². The van der Waals surface area contributed by atoms with Gasteiger partial charge in [0.1, 0.15) is 5.01 Å². The number of nitrogens with zero attached hydrogens (tertiary/aromatic N) is 3. The van der Waals surface area contributed by atoms with Crippen LogP contribution in [0.15, 0.2) is 18.3 Å². The topological polar surface area (TPSA) is 38.7 Å². The van der Waals surface area contributed by atoms with Gasteiger partial charge < -0.3 is 0 Å². The average molecular weight is 303 g/mol. The lowest BCUT2D eigenvalue weighted by molar-refractivity contribution is 1.19. The predicted molar refractivity (Wildman–Crippen MR) is 60.6 cm³/mol. The van der Waals surface area contributed by atoms with Crippen molar-refractivity contribution in [3.63, 3.8) is 0 Å². The lowest BCUT2D eigenvalue weighted by Crippen LogP contribution is -1.85. The van der Waals surface area contributed by atoms with Gasteiger partial charge in [0.2, 0.25) is 3.83 Å². The molecular weight excluding hydrogens is 297 g/mol. The number of pyridine rings is 1. The molecule has 0 saturated carbocycles. The minimum atomic E-state index is 0.792. The maximum Gasteiger partial charge on any atom is 0.203 e. The third-order valence-corrected chi connectivity index (χ3v) is 3.20. The summed E-state index contributed by atoms with van der Waals surface area (Å²) in [6.07, 6.45) is 1.78. The van der Waals surface area contributed by atoms with Crippen molar-refractivity contribution in [3.8, 4) is 10.6 Å². The molecule has 2 aromatic heterocycles. The van der Waals surface area contributed by atoms with Crippen LogP contribution >= 0.6 is 34.1 Å². The molecule has 0 spiro atoms. The fourth-order valence-corrected chi connectivity index (χ4v) is 2.37. The van der Waals surface area contributed by atoms with Crippen molar-refractivity contribution in [2.75, 3.05) is 0 Å². The van der Waals surface area contributed by atoms with Crippen molar-refractivity contribution >= 4 is 34.1 Å². The SMILES string of the molecule is Cc1ncccc1-c1nc(I)ns1. The molecule has 5 heteroatoms. The van der Waals surface area contributed by atoms with Gasteiger partial charge in [0, 0.05) is 40.0 Å². The smallest absolute Gasteiger partial charge is 0.203 e. The molecule has 3 nitrogen and oxygen atoms in total. The fourth-order valence-electron chi connectivity index (χ4n) is 1.03. The highest BCUT2D eigenvalue weighted by Crippen LogP contribution is 2.23. The Labute approximate surface area is 93.6 Å². The van der Waals surface area contributed by atoms with Crippen LogP contribution in [-0.2, 0) is 0 Å². The summed E-state index contributed by atoms with van der Waals surface area (Å²) >= 11 is 3.52. The Hall–Kier alpha value is -0.560. The second-order valence-corrected chi connectivity index (χ2v) is 4.22.